The molecule has 0 saturated heterocycles. The van der Waals surface area contributed by atoms with E-state index in [-0.39, 0.29) is 18.0 Å². The van der Waals surface area contributed by atoms with Gasteiger partial charge in [-0.15, -0.1) is 0 Å². The van der Waals surface area contributed by atoms with Gasteiger partial charge in [-0.1, -0.05) is 37.3 Å². The minimum absolute atomic E-state index is 0.0989. The molecule has 1 amide bonds. The molecule has 3 aromatic rings. The van der Waals surface area contributed by atoms with Crippen LogP contribution in [-0.2, 0) is 24.2 Å². The summed E-state index contributed by atoms with van der Waals surface area (Å²) in [5.74, 6) is 0.139. The van der Waals surface area contributed by atoms with Crippen LogP contribution >= 0.6 is 0 Å². The van der Waals surface area contributed by atoms with Gasteiger partial charge in [0.1, 0.15) is 6.54 Å². The van der Waals surface area contributed by atoms with Gasteiger partial charge in [-0.25, -0.2) is 9.67 Å². The highest BCUT2D eigenvalue weighted by atomic mass is 16.2. The number of aromatic nitrogens is 4. The van der Waals surface area contributed by atoms with Gasteiger partial charge in [0.05, 0.1) is 5.69 Å². The van der Waals surface area contributed by atoms with E-state index in [1.165, 1.54) is 10.6 Å². The number of carbonyl (C=O) groups excluding carboxylic acids is 1. The molecule has 0 saturated carbocycles. The topological polar surface area (TPSA) is 81.8 Å². The predicted molar refractivity (Wildman–Crippen MR) is 108 cm³/mol. The Morgan fingerprint density at radius 1 is 1.14 bits per heavy atom. The van der Waals surface area contributed by atoms with Gasteiger partial charge in [-0.3, -0.25) is 14.2 Å². The fourth-order valence-corrected chi connectivity index (χ4v) is 3.05. The van der Waals surface area contributed by atoms with Crippen LogP contribution in [0.25, 0.3) is 5.95 Å². The van der Waals surface area contributed by atoms with Crippen molar-refractivity contribution in [2.45, 2.75) is 40.2 Å². The van der Waals surface area contributed by atoms with Gasteiger partial charge in [0, 0.05) is 24.0 Å². The molecule has 2 aromatic heterocycles. The predicted octanol–water partition coefficient (Wildman–Crippen LogP) is 1.97. The summed E-state index contributed by atoms with van der Waals surface area (Å²) in [5.41, 5.74) is 3.25. The fraction of sp³-hybridized carbons (Fsp3) is 0.333. The SMILES string of the molecule is CCc1cc(=O)n(CC(=O)NCCc2ccccc2)c(-n2nc(C)cc2C)n1. The Hall–Kier alpha value is -3.22. The summed E-state index contributed by atoms with van der Waals surface area (Å²) in [5, 5.41) is 7.31. The van der Waals surface area contributed by atoms with Crippen molar-refractivity contribution in [1.29, 1.82) is 0 Å². The van der Waals surface area contributed by atoms with Crippen LogP contribution in [0.5, 0.6) is 0 Å². The van der Waals surface area contributed by atoms with Crippen LogP contribution in [0.4, 0.5) is 0 Å². The molecule has 1 N–H and O–H groups in total. The number of hydrogen-bond acceptors (Lipinski definition) is 4. The second-order valence-electron chi connectivity index (χ2n) is 6.75. The van der Waals surface area contributed by atoms with Crippen molar-refractivity contribution in [3.8, 4) is 5.95 Å². The number of nitrogens with zero attached hydrogens (tertiary/aromatic N) is 4. The molecule has 7 nitrogen and oxygen atoms in total. The van der Waals surface area contributed by atoms with Crippen molar-refractivity contribution in [2.75, 3.05) is 6.54 Å². The first-order valence-corrected chi connectivity index (χ1v) is 9.43. The van der Waals surface area contributed by atoms with E-state index in [4.69, 9.17) is 0 Å². The van der Waals surface area contributed by atoms with Crippen molar-refractivity contribution < 1.29 is 4.79 Å². The fourth-order valence-electron chi connectivity index (χ4n) is 3.05. The van der Waals surface area contributed by atoms with Crippen LogP contribution in [-0.4, -0.2) is 31.8 Å². The van der Waals surface area contributed by atoms with E-state index >= 15 is 0 Å². The Labute approximate surface area is 164 Å². The molecule has 7 heteroatoms. The Kier molecular flexibility index (Phi) is 6.03. The lowest BCUT2D eigenvalue weighted by Crippen LogP contribution is -2.36. The molecule has 0 radical (unpaired) electrons. The molecule has 3 rings (SSSR count). The summed E-state index contributed by atoms with van der Waals surface area (Å²) in [7, 11) is 0. The molecule has 0 bridgehead atoms. The molecule has 1 aromatic carbocycles. The standard InChI is InChI=1S/C21H25N5O2/c1-4-18-13-20(28)25(21(23-18)26-16(3)12-15(2)24-26)14-19(27)22-11-10-17-8-6-5-7-9-17/h5-9,12-13H,4,10-11,14H2,1-3H3,(H,22,27). The van der Waals surface area contributed by atoms with Crippen LogP contribution in [0.15, 0.2) is 47.3 Å². The summed E-state index contributed by atoms with van der Waals surface area (Å²) < 4.78 is 2.99. The third kappa shape index (κ3) is 4.54. The molecule has 146 valence electrons. The van der Waals surface area contributed by atoms with Gasteiger partial charge in [-0.05, 0) is 38.3 Å². The van der Waals surface area contributed by atoms with Crippen LogP contribution in [0, 0.1) is 13.8 Å². The first-order chi connectivity index (χ1) is 13.5. The molecule has 2 heterocycles. The molecular weight excluding hydrogens is 354 g/mol. The lowest BCUT2D eigenvalue weighted by atomic mass is 10.1. The largest absolute Gasteiger partial charge is 0.354 e. The van der Waals surface area contributed by atoms with E-state index in [1.54, 1.807) is 4.68 Å². The molecule has 0 fully saturated rings. The number of nitrogens with one attached hydrogen (secondary N) is 1. The molecule has 0 spiro atoms. The van der Waals surface area contributed by atoms with Gasteiger partial charge in [0.25, 0.3) is 5.56 Å². The van der Waals surface area contributed by atoms with Crippen LogP contribution in [0.1, 0.15) is 29.6 Å². The number of carbonyl (C=O) groups is 1. The highest BCUT2D eigenvalue weighted by Crippen LogP contribution is 2.10. The minimum atomic E-state index is -0.257. The van der Waals surface area contributed by atoms with Gasteiger partial charge in [0.2, 0.25) is 11.9 Å². The first-order valence-electron chi connectivity index (χ1n) is 9.43. The summed E-state index contributed by atoms with van der Waals surface area (Å²) in [6.07, 6.45) is 1.37. The average molecular weight is 379 g/mol. The van der Waals surface area contributed by atoms with Crippen LogP contribution < -0.4 is 10.9 Å². The Morgan fingerprint density at radius 3 is 2.54 bits per heavy atom. The highest BCUT2D eigenvalue weighted by Gasteiger charge is 2.16. The van der Waals surface area contributed by atoms with E-state index in [0.29, 0.717) is 24.6 Å². The van der Waals surface area contributed by atoms with Crippen molar-refractivity contribution in [1.82, 2.24) is 24.6 Å². The van der Waals surface area contributed by atoms with Crippen molar-refractivity contribution in [3.05, 3.63) is 75.5 Å². The van der Waals surface area contributed by atoms with Gasteiger partial charge >= 0.3 is 0 Å². The molecule has 0 aliphatic rings. The molecule has 0 aliphatic heterocycles. The van der Waals surface area contributed by atoms with E-state index < -0.39 is 0 Å². The third-order valence-electron chi connectivity index (χ3n) is 4.48. The average Bonchev–Trinajstić information content (AvgIpc) is 3.02. The number of amides is 1. The van der Waals surface area contributed by atoms with E-state index in [1.807, 2.05) is 57.2 Å². The lowest BCUT2D eigenvalue weighted by molar-refractivity contribution is -0.121. The van der Waals surface area contributed by atoms with Crippen molar-refractivity contribution >= 4 is 5.91 Å². The summed E-state index contributed by atoms with van der Waals surface area (Å²) in [6, 6.07) is 13.3. The molecule has 28 heavy (non-hydrogen) atoms. The quantitative estimate of drug-likeness (QED) is 0.680. The Balaban J connectivity index is 1.80. The third-order valence-corrected chi connectivity index (χ3v) is 4.48. The lowest BCUT2D eigenvalue weighted by Gasteiger charge is -2.14. The molecule has 0 unspecified atom stereocenters. The Bertz CT molecular complexity index is 1020. The van der Waals surface area contributed by atoms with Crippen LogP contribution in [0.2, 0.25) is 0 Å². The number of hydrogen-bond donors (Lipinski definition) is 1. The van der Waals surface area contributed by atoms with E-state index in [2.05, 4.69) is 15.4 Å². The first kappa shape index (κ1) is 19.5. The zero-order valence-corrected chi connectivity index (χ0v) is 16.5. The van der Waals surface area contributed by atoms with Crippen LogP contribution in [0.3, 0.4) is 0 Å². The van der Waals surface area contributed by atoms with Crippen molar-refractivity contribution in [2.24, 2.45) is 0 Å². The monoisotopic (exact) mass is 379 g/mol. The van der Waals surface area contributed by atoms with Gasteiger partial charge < -0.3 is 5.32 Å². The highest BCUT2D eigenvalue weighted by molar-refractivity contribution is 5.75. The number of rotatable bonds is 7. The van der Waals surface area contributed by atoms with E-state index in [0.717, 1.165) is 23.4 Å². The second-order valence-corrected chi connectivity index (χ2v) is 6.75. The summed E-state index contributed by atoms with van der Waals surface area (Å²) in [6.45, 7) is 6.12. The second kappa shape index (κ2) is 8.65. The Morgan fingerprint density at radius 2 is 1.89 bits per heavy atom. The van der Waals surface area contributed by atoms with Crippen molar-refractivity contribution in [3.63, 3.8) is 0 Å². The smallest absolute Gasteiger partial charge is 0.255 e. The summed E-state index contributed by atoms with van der Waals surface area (Å²) in [4.78, 5) is 29.7. The maximum Gasteiger partial charge on any atom is 0.255 e. The van der Waals surface area contributed by atoms with Gasteiger partial charge in [-0.2, -0.15) is 5.10 Å². The normalized spacial score (nSPS) is 10.8. The van der Waals surface area contributed by atoms with Gasteiger partial charge in [0.15, 0.2) is 0 Å². The maximum absolute atomic E-state index is 12.6. The zero-order valence-electron chi connectivity index (χ0n) is 16.5. The van der Waals surface area contributed by atoms with E-state index in [9.17, 15) is 9.59 Å². The number of benzene rings is 1. The number of aryl methyl sites for hydroxylation is 3. The molecule has 0 atom stereocenters. The molecular formula is C21H25N5O2. The molecule has 0 aliphatic carbocycles. The summed E-state index contributed by atoms with van der Waals surface area (Å²) >= 11 is 0. The zero-order chi connectivity index (χ0) is 20.1. The maximum atomic E-state index is 12.6. The minimum Gasteiger partial charge on any atom is -0.354 e.